The van der Waals surface area contributed by atoms with Crippen LogP contribution in [0.5, 0.6) is 0 Å². The lowest BCUT2D eigenvalue weighted by Crippen LogP contribution is -2.07. The van der Waals surface area contributed by atoms with Gasteiger partial charge >= 0.3 is 5.97 Å². The SMILES string of the molecule is CCOC(=O)c1cn[nH]c1Cc1ccc(F)cc1. The average molecular weight is 248 g/mol. The molecule has 0 saturated heterocycles. The number of rotatable bonds is 4. The fraction of sp³-hybridized carbons (Fsp3) is 0.231. The first-order chi connectivity index (χ1) is 8.70. The van der Waals surface area contributed by atoms with Crippen molar-refractivity contribution in [1.29, 1.82) is 0 Å². The number of H-pyrrole nitrogens is 1. The molecule has 5 heteroatoms. The van der Waals surface area contributed by atoms with E-state index < -0.39 is 5.97 Å². The zero-order valence-electron chi connectivity index (χ0n) is 9.94. The average Bonchev–Trinajstić information content (AvgIpc) is 2.81. The molecule has 0 radical (unpaired) electrons. The first-order valence-corrected chi connectivity index (χ1v) is 5.64. The maximum absolute atomic E-state index is 12.8. The number of esters is 1. The lowest BCUT2D eigenvalue weighted by molar-refractivity contribution is 0.0525. The van der Waals surface area contributed by atoms with Crippen molar-refractivity contribution in [2.45, 2.75) is 13.3 Å². The van der Waals surface area contributed by atoms with E-state index in [-0.39, 0.29) is 5.82 Å². The van der Waals surface area contributed by atoms with Crippen LogP contribution in [0, 0.1) is 5.82 Å². The third-order valence-corrected chi connectivity index (χ3v) is 2.51. The van der Waals surface area contributed by atoms with Gasteiger partial charge in [-0.15, -0.1) is 0 Å². The first-order valence-electron chi connectivity index (χ1n) is 5.64. The molecule has 1 aromatic carbocycles. The summed E-state index contributed by atoms with van der Waals surface area (Å²) in [6.45, 7) is 2.07. The van der Waals surface area contributed by atoms with Gasteiger partial charge in [0.15, 0.2) is 0 Å². The minimum absolute atomic E-state index is 0.283. The number of ether oxygens (including phenoxy) is 1. The summed E-state index contributed by atoms with van der Waals surface area (Å²) >= 11 is 0. The van der Waals surface area contributed by atoms with Crippen LogP contribution >= 0.6 is 0 Å². The van der Waals surface area contributed by atoms with Gasteiger partial charge < -0.3 is 4.74 Å². The van der Waals surface area contributed by atoms with Crippen molar-refractivity contribution in [3.05, 3.63) is 53.1 Å². The number of benzene rings is 1. The molecule has 0 bridgehead atoms. The van der Waals surface area contributed by atoms with E-state index in [1.807, 2.05) is 0 Å². The summed E-state index contributed by atoms with van der Waals surface area (Å²) in [4.78, 5) is 11.6. The highest BCUT2D eigenvalue weighted by Crippen LogP contribution is 2.13. The topological polar surface area (TPSA) is 55.0 Å². The Morgan fingerprint density at radius 2 is 2.11 bits per heavy atom. The quantitative estimate of drug-likeness (QED) is 0.845. The Kier molecular flexibility index (Phi) is 3.72. The van der Waals surface area contributed by atoms with Crippen LogP contribution in [0.25, 0.3) is 0 Å². The van der Waals surface area contributed by atoms with Gasteiger partial charge in [-0.1, -0.05) is 12.1 Å². The Balaban J connectivity index is 2.17. The number of halogens is 1. The van der Waals surface area contributed by atoms with E-state index in [9.17, 15) is 9.18 Å². The van der Waals surface area contributed by atoms with Crippen LogP contribution in [0.15, 0.2) is 30.5 Å². The molecule has 94 valence electrons. The molecule has 0 aliphatic rings. The second-order valence-electron chi connectivity index (χ2n) is 3.79. The zero-order chi connectivity index (χ0) is 13.0. The van der Waals surface area contributed by atoms with Gasteiger partial charge in [0, 0.05) is 6.42 Å². The van der Waals surface area contributed by atoms with Crippen molar-refractivity contribution < 1.29 is 13.9 Å². The van der Waals surface area contributed by atoms with E-state index in [0.29, 0.717) is 24.3 Å². The van der Waals surface area contributed by atoms with E-state index in [4.69, 9.17) is 4.74 Å². The molecule has 0 fully saturated rings. The van der Waals surface area contributed by atoms with Gasteiger partial charge in [0.2, 0.25) is 0 Å². The van der Waals surface area contributed by atoms with Crippen molar-refractivity contribution in [3.8, 4) is 0 Å². The van der Waals surface area contributed by atoms with Gasteiger partial charge in [-0.3, -0.25) is 5.10 Å². The predicted molar refractivity (Wildman–Crippen MR) is 63.8 cm³/mol. The molecule has 0 spiro atoms. The highest BCUT2D eigenvalue weighted by molar-refractivity contribution is 5.90. The standard InChI is InChI=1S/C13H13FN2O2/c1-2-18-13(17)11-8-15-16-12(11)7-9-3-5-10(14)6-4-9/h3-6,8H,2,7H2,1H3,(H,15,16). The van der Waals surface area contributed by atoms with Gasteiger partial charge in [0.05, 0.1) is 18.5 Å². The molecular weight excluding hydrogens is 235 g/mol. The van der Waals surface area contributed by atoms with E-state index in [0.717, 1.165) is 5.56 Å². The molecule has 1 N–H and O–H groups in total. The van der Waals surface area contributed by atoms with Crippen molar-refractivity contribution in [3.63, 3.8) is 0 Å². The minimum Gasteiger partial charge on any atom is -0.462 e. The molecule has 1 heterocycles. The Labute approximate surface area is 104 Å². The molecule has 0 amide bonds. The molecule has 0 aliphatic heterocycles. The molecule has 0 aliphatic carbocycles. The number of nitrogens with zero attached hydrogens (tertiary/aromatic N) is 1. The predicted octanol–water partition coefficient (Wildman–Crippen LogP) is 2.32. The van der Waals surface area contributed by atoms with Crippen LogP contribution in [0.3, 0.4) is 0 Å². The summed E-state index contributed by atoms with van der Waals surface area (Å²) in [5.41, 5.74) is 1.98. The molecule has 2 rings (SSSR count). The molecule has 0 unspecified atom stereocenters. The van der Waals surface area contributed by atoms with Crippen molar-refractivity contribution >= 4 is 5.97 Å². The van der Waals surface area contributed by atoms with E-state index >= 15 is 0 Å². The third kappa shape index (κ3) is 2.74. The van der Waals surface area contributed by atoms with E-state index in [1.165, 1.54) is 18.3 Å². The number of aromatic amines is 1. The minimum atomic E-state index is -0.400. The second kappa shape index (κ2) is 5.44. The van der Waals surface area contributed by atoms with E-state index in [1.54, 1.807) is 19.1 Å². The zero-order valence-corrected chi connectivity index (χ0v) is 9.94. The van der Waals surface area contributed by atoms with Crippen LogP contribution in [0.1, 0.15) is 28.5 Å². The normalized spacial score (nSPS) is 10.3. The maximum Gasteiger partial charge on any atom is 0.341 e. The maximum atomic E-state index is 12.8. The molecular formula is C13H13FN2O2. The number of aromatic nitrogens is 2. The van der Waals surface area contributed by atoms with Crippen molar-refractivity contribution in [2.24, 2.45) is 0 Å². The number of carbonyl (C=O) groups excluding carboxylic acids is 1. The monoisotopic (exact) mass is 248 g/mol. The van der Waals surface area contributed by atoms with Gasteiger partial charge in [0.25, 0.3) is 0 Å². The Hall–Kier alpha value is -2.17. The summed E-state index contributed by atoms with van der Waals surface area (Å²) in [5.74, 6) is -0.683. The van der Waals surface area contributed by atoms with Crippen molar-refractivity contribution in [2.75, 3.05) is 6.61 Å². The summed E-state index contributed by atoms with van der Waals surface area (Å²) in [7, 11) is 0. The van der Waals surface area contributed by atoms with Crippen LogP contribution < -0.4 is 0 Å². The Bertz CT molecular complexity index is 534. The first kappa shape index (κ1) is 12.3. The summed E-state index contributed by atoms with van der Waals surface area (Å²) < 4.78 is 17.7. The van der Waals surface area contributed by atoms with Gasteiger partial charge in [0.1, 0.15) is 11.4 Å². The summed E-state index contributed by atoms with van der Waals surface area (Å²) in [6, 6.07) is 6.11. The fourth-order valence-electron chi connectivity index (χ4n) is 1.64. The number of nitrogens with one attached hydrogen (secondary N) is 1. The molecule has 1 aromatic heterocycles. The largest absolute Gasteiger partial charge is 0.462 e. The van der Waals surface area contributed by atoms with Crippen molar-refractivity contribution in [1.82, 2.24) is 10.2 Å². The van der Waals surface area contributed by atoms with Gasteiger partial charge in [-0.2, -0.15) is 5.10 Å². The number of carbonyl (C=O) groups is 1. The second-order valence-corrected chi connectivity index (χ2v) is 3.79. The highest BCUT2D eigenvalue weighted by atomic mass is 19.1. The van der Waals surface area contributed by atoms with Crippen LogP contribution in [0.4, 0.5) is 4.39 Å². The van der Waals surface area contributed by atoms with Crippen LogP contribution in [-0.2, 0) is 11.2 Å². The fourth-order valence-corrected chi connectivity index (χ4v) is 1.64. The summed E-state index contributed by atoms with van der Waals surface area (Å²) in [5, 5.41) is 6.60. The number of hydrogen-bond acceptors (Lipinski definition) is 3. The lowest BCUT2D eigenvalue weighted by atomic mass is 10.1. The highest BCUT2D eigenvalue weighted by Gasteiger charge is 2.14. The summed E-state index contributed by atoms with van der Waals surface area (Å²) in [6.07, 6.45) is 1.92. The van der Waals surface area contributed by atoms with Crippen LogP contribution in [0.2, 0.25) is 0 Å². The van der Waals surface area contributed by atoms with E-state index in [2.05, 4.69) is 10.2 Å². The van der Waals surface area contributed by atoms with Gasteiger partial charge in [-0.25, -0.2) is 9.18 Å². The molecule has 2 aromatic rings. The van der Waals surface area contributed by atoms with Gasteiger partial charge in [-0.05, 0) is 24.6 Å². The third-order valence-electron chi connectivity index (χ3n) is 2.51. The molecule has 18 heavy (non-hydrogen) atoms. The number of hydrogen-bond donors (Lipinski definition) is 1. The van der Waals surface area contributed by atoms with Crippen LogP contribution in [-0.4, -0.2) is 22.8 Å². The molecule has 4 nitrogen and oxygen atoms in total. The molecule has 0 atom stereocenters. The smallest absolute Gasteiger partial charge is 0.341 e. The molecule has 0 saturated carbocycles. The lowest BCUT2D eigenvalue weighted by Gasteiger charge is -2.03. The Morgan fingerprint density at radius 3 is 2.78 bits per heavy atom. The Morgan fingerprint density at radius 1 is 1.39 bits per heavy atom.